The van der Waals surface area contributed by atoms with Gasteiger partial charge in [0.05, 0.1) is 19.8 Å². The predicted octanol–water partition coefficient (Wildman–Crippen LogP) is 1.42. The molecular formula is C17H28N4O. The lowest BCUT2D eigenvalue weighted by molar-refractivity contribution is 0.0394. The largest absolute Gasteiger partial charge is 0.379 e. The first kappa shape index (κ1) is 16.8. The minimum absolute atomic E-state index is 0.821. The van der Waals surface area contributed by atoms with Gasteiger partial charge >= 0.3 is 0 Å². The van der Waals surface area contributed by atoms with Crippen molar-refractivity contribution in [3.8, 4) is 0 Å². The minimum Gasteiger partial charge on any atom is -0.379 e. The van der Waals surface area contributed by atoms with Crippen molar-refractivity contribution in [2.75, 3.05) is 53.0 Å². The molecular weight excluding hydrogens is 276 g/mol. The van der Waals surface area contributed by atoms with Gasteiger partial charge < -0.3 is 15.0 Å². The van der Waals surface area contributed by atoms with Crippen LogP contribution in [0, 0.1) is 0 Å². The number of rotatable bonds is 6. The van der Waals surface area contributed by atoms with E-state index in [1.165, 1.54) is 5.56 Å². The Kier molecular flexibility index (Phi) is 7.19. The highest BCUT2D eigenvalue weighted by Crippen LogP contribution is 2.03. The molecule has 0 radical (unpaired) electrons. The molecule has 0 bridgehead atoms. The van der Waals surface area contributed by atoms with E-state index in [4.69, 9.17) is 9.73 Å². The van der Waals surface area contributed by atoms with E-state index < -0.39 is 0 Å². The molecule has 0 amide bonds. The molecule has 0 atom stereocenters. The summed E-state index contributed by atoms with van der Waals surface area (Å²) in [4.78, 5) is 9.34. The molecule has 1 fully saturated rings. The van der Waals surface area contributed by atoms with Crippen LogP contribution in [-0.4, -0.2) is 68.7 Å². The zero-order valence-corrected chi connectivity index (χ0v) is 13.8. The third-order valence-electron chi connectivity index (χ3n) is 3.74. The summed E-state index contributed by atoms with van der Waals surface area (Å²) >= 11 is 0. The normalized spacial score (nSPS) is 16.5. The summed E-state index contributed by atoms with van der Waals surface area (Å²) in [5, 5.41) is 3.37. The first-order chi connectivity index (χ1) is 10.8. The molecule has 2 rings (SSSR count). The SMILES string of the molecule is CCNC(=NCCN1CCOCC1)N(C)Cc1ccccc1. The zero-order valence-electron chi connectivity index (χ0n) is 13.8. The summed E-state index contributed by atoms with van der Waals surface area (Å²) in [5.74, 6) is 0.972. The molecule has 1 aromatic rings. The van der Waals surface area contributed by atoms with E-state index in [9.17, 15) is 0 Å². The fourth-order valence-electron chi connectivity index (χ4n) is 2.52. The number of hydrogen-bond acceptors (Lipinski definition) is 3. The van der Waals surface area contributed by atoms with Crippen LogP contribution in [0.2, 0.25) is 0 Å². The van der Waals surface area contributed by atoms with Gasteiger partial charge in [0.1, 0.15) is 0 Å². The fourth-order valence-corrected chi connectivity index (χ4v) is 2.52. The quantitative estimate of drug-likeness (QED) is 0.637. The second-order valence-corrected chi connectivity index (χ2v) is 5.53. The van der Waals surface area contributed by atoms with Crippen molar-refractivity contribution in [3.63, 3.8) is 0 Å². The molecule has 1 aliphatic rings. The van der Waals surface area contributed by atoms with Crippen molar-refractivity contribution in [1.29, 1.82) is 0 Å². The molecule has 1 heterocycles. The first-order valence-electron chi connectivity index (χ1n) is 8.13. The summed E-state index contributed by atoms with van der Waals surface area (Å²) in [6, 6.07) is 10.5. The second kappa shape index (κ2) is 9.43. The Morgan fingerprint density at radius 2 is 2.00 bits per heavy atom. The third kappa shape index (κ3) is 5.66. The highest BCUT2D eigenvalue weighted by molar-refractivity contribution is 5.79. The Hall–Kier alpha value is -1.59. The molecule has 1 N–H and O–H groups in total. The van der Waals surface area contributed by atoms with Crippen molar-refractivity contribution in [2.45, 2.75) is 13.5 Å². The lowest BCUT2D eigenvalue weighted by Crippen LogP contribution is -2.40. The maximum absolute atomic E-state index is 5.37. The molecule has 0 unspecified atom stereocenters. The molecule has 1 aromatic carbocycles. The lowest BCUT2D eigenvalue weighted by Gasteiger charge is -2.26. The Morgan fingerprint density at radius 1 is 1.27 bits per heavy atom. The van der Waals surface area contributed by atoms with Crippen molar-refractivity contribution < 1.29 is 4.74 Å². The van der Waals surface area contributed by atoms with Crippen molar-refractivity contribution >= 4 is 5.96 Å². The van der Waals surface area contributed by atoms with Crippen LogP contribution in [0.15, 0.2) is 35.3 Å². The number of nitrogens with zero attached hydrogens (tertiary/aromatic N) is 3. The summed E-state index contributed by atoms with van der Waals surface area (Å²) < 4.78 is 5.37. The molecule has 0 aromatic heterocycles. The van der Waals surface area contributed by atoms with Crippen LogP contribution in [0.5, 0.6) is 0 Å². The maximum Gasteiger partial charge on any atom is 0.194 e. The number of nitrogens with one attached hydrogen (secondary N) is 1. The van der Waals surface area contributed by atoms with Gasteiger partial charge in [-0.1, -0.05) is 30.3 Å². The van der Waals surface area contributed by atoms with E-state index in [0.29, 0.717) is 0 Å². The molecule has 0 spiro atoms. The molecule has 1 saturated heterocycles. The van der Waals surface area contributed by atoms with E-state index >= 15 is 0 Å². The van der Waals surface area contributed by atoms with Crippen molar-refractivity contribution in [1.82, 2.24) is 15.1 Å². The number of ether oxygens (including phenoxy) is 1. The van der Waals surface area contributed by atoms with E-state index in [1.807, 2.05) is 6.07 Å². The van der Waals surface area contributed by atoms with Gasteiger partial charge in [-0.15, -0.1) is 0 Å². The summed E-state index contributed by atoms with van der Waals surface area (Å²) in [5.41, 5.74) is 1.30. The minimum atomic E-state index is 0.821. The molecule has 0 saturated carbocycles. The van der Waals surface area contributed by atoms with E-state index in [2.05, 4.69) is 53.4 Å². The topological polar surface area (TPSA) is 40.1 Å². The number of aliphatic imine (C=N–C) groups is 1. The van der Waals surface area contributed by atoms with Gasteiger partial charge in [0, 0.05) is 39.8 Å². The maximum atomic E-state index is 5.37. The smallest absolute Gasteiger partial charge is 0.194 e. The van der Waals surface area contributed by atoms with Gasteiger partial charge in [0.15, 0.2) is 5.96 Å². The van der Waals surface area contributed by atoms with Gasteiger partial charge in [-0.3, -0.25) is 9.89 Å². The molecule has 0 aliphatic carbocycles. The fraction of sp³-hybridized carbons (Fsp3) is 0.588. The molecule has 5 nitrogen and oxygen atoms in total. The Morgan fingerprint density at radius 3 is 2.68 bits per heavy atom. The van der Waals surface area contributed by atoms with Crippen LogP contribution in [0.25, 0.3) is 0 Å². The Labute approximate surface area is 134 Å². The second-order valence-electron chi connectivity index (χ2n) is 5.53. The summed E-state index contributed by atoms with van der Waals surface area (Å²) in [6.45, 7) is 9.40. The zero-order chi connectivity index (χ0) is 15.6. The van der Waals surface area contributed by atoms with Gasteiger partial charge in [0.25, 0.3) is 0 Å². The van der Waals surface area contributed by atoms with Gasteiger partial charge in [-0.05, 0) is 12.5 Å². The molecule has 5 heteroatoms. The Bertz CT molecular complexity index is 443. The van der Waals surface area contributed by atoms with Crippen LogP contribution in [0.3, 0.4) is 0 Å². The Balaban J connectivity index is 1.85. The average Bonchev–Trinajstić information content (AvgIpc) is 2.56. The molecule has 122 valence electrons. The third-order valence-corrected chi connectivity index (χ3v) is 3.74. The lowest BCUT2D eigenvalue weighted by atomic mass is 10.2. The van der Waals surface area contributed by atoms with E-state index in [0.717, 1.165) is 58.4 Å². The van der Waals surface area contributed by atoms with Crippen LogP contribution < -0.4 is 5.32 Å². The van der Waals surface area contributed by atoms with Crippen LogP contribution in [0.1, 0.15) is 12.5 Å². The number of benzene rings is 1. The van der Waals surface area contributed by atoms with Gasteiger partial charge in [-0.25, -0.2) is 0 Å². The predicted molar refractivity (Wildman–Crippen MR) is 91.1 cm³/mol. The average molecular weight is 304 g/mol. The highest BCUT2D eigenvalue weighted by atomic mass is 16.5. The van der Waals surface area contributed by atoms with Crippen LogP contribution >= 0.6 is 0 Å². The summed E-state index contributed by atoms with van der Waals surface area (Å²) in [6.07, 6.45) is 0. The van der Waals surface area contributed by atoms with Crippen LogP contribution in [0.4, 0.5) is 0 Å². The number of morpholine rings is 1. The van der Waals surface area contributed by atoms with Gasteiger partial charge in [-0.2, -0.15) is 0 Å². The van der Waals surface area contributed by atoms with E-state index in [1.54, 1.807) is 0 Å². The van der Waals surface area contributed by atoms with Gasteiger partial charge in [0.2, 0.25) is 0 Å². The number of guanidine groups is 1. The molecule has 1 aliphatic heterocycles. The number of hydrogen-bond donors (Lipinski definition) is 1. The first-order valence-corrected chi connectivity index (χ1v) is 8.13. The van der Waals surface area contributed by atoms with Crippen molar-refractivity contribution in [3.05, 3.63) is 35.9 Å². The standard InChI is InChI=1S/C17H28N4O/c1-3-18-17(19-9-10-21-11-13-22-14-12-21)20(2)15-16-7-5-4-6-8-16/h4-8H,3,9-15H2,1-2H3,(H,18,19). The monoisotopic (exact) mass is 304 g/mol. The van der Waals surface area contributed by atoms with Crippen LogP contribution in [-0.2, 0) is 11.3 Å². The highest BCUT2D eigenvalue weighted by Gasteiger charge is 2.10. The van der Waals surface area contributed by atoms with E-state index in [-0.39, 0.29) is 0 Å². The molecule has 22 heavy (non-hydrogen) atoms. The summed E-state index contributed by atoms with van der Waals surface area (Å²) in [7, 11) is 2.09. The van der Waals surface area contributed by atoms with Crippen molar-refractivity contribution in [2.24, 2.45) is 4.99 Å².